The summed E-state index contributed by atoms with van der Waals surface area (Å²) in [4.78, 5) is 8.33. The van der Waals surface area contributed by atoms with E-state index in [9.17, 15) is 8.78 Å². The Morgan fingerprint density at radius 2 is 2.15 bits per heavy atom. The zero-order valence-corrected chi connectivity index (χ0v) is 11.9. The van der Waals surface area contributed by atoms with Crippen LogP contribution in [-0.4, -0.2) is 14.5 Å². The van der Waals surface area contributed by atoms with Crippen LogP contribution < -0.4 is 0 Å². The number of fused-ring (bicyclic) bond motifs is 1. The quantitative estimate of drug-likeness (QED) is 0.687. The standard InChI is InChI=1S/C13H10ClF2N3S/c14-7-11-18-13-9(16)5-8(15)6-10(13)19(11)3-1-12-17-2-4-20-12/h2,4-6H,1,3,7H2. The number of thiazole rings is 1. The van der Waals surface area contributed by atoms with Crippen LogP contribution in [0.15, 0.2) is 23.7 Å². The minimum absolute atomic E-state index is 0.146. The van der Waals surface area contributed by atoms with Gasteiger partial charge in [-0.05, 0) is 6.07 Å². The maximum atomic E-state index is 13.7. The molecule has 3 nitrogen and oxygen atoms in total. The highest BCUT2D eigenvalue weighted by atomic mass is 35.5. The van der Waals surface area contributed by atoms with E-state index in [1.165, 1.54) is 6.07 Å². The number of hydrogen-bond acceptors (Lipinski definition) is 3. The van der Waals surface area contributed by atoms with Gasteiger partial charge in [-0.2, -0.15) is 0 Å². The van der Waals surface area contributed by atoms with E-state index in [1.54, 1.807) is 22.1 Å². The van der Waals surface area contributed by atoms with Gasteiger partial charge in [0.25, 0.3) is 0 Å². The molecule has 0 saturated carbocycles. The van der Waals surface area contributed by atoms with E-state index in [0.717, 1.165) is 11.1 Å². The first-order chi connectivity index (χ1) is 9.69. The molecule has 0 spiro atoms. The minimum Gasteiger partial charge on any atom is -0.326 e. The summed E-state index contributed by atoms with van der Waals surface area (Å²) in [5.74, 6) is -0.609. The molecule has 2 heterocycles. The highest BCUT2D eigenvalue weighted by molar-refractivity contribution is 7.09. The number of aryl methyl sites for hydroxylation is 2. The lowest BCUT2D eigenvalue weighted by Gasteiger charge is -2.06. The predicted octanol–water partition coefficient (Wildman–Crippen LogP) is 3.75. The first-order valence-electron chi connectivity index (χ1n) is 5.97. The van der Waals surface area contributed by atoms with Crippen molar-refractivity contribution in [2.45, 2.75) is 18.8 Å². The molecule has 0 aliphatic carbocycles. The van der Waals surface area contributed by atoms with Crippen molar-refractivity contribution >= 4 is 34.0 Å². The molecule has 0 atom stereocenters. The van der Waals surface area contributed by atoms with E-state index in [0.29, 0.717) is 24.3 Å². The number of alkyl halides is 1. The summed E-state index contributed by atoms with van der Waals surface area (Å²) in [6.07, 6.45) is 2.40. The van der Waals surface area contributed by atoms with Crippen LogP contribution in [-0.2, 0) is 18.8 Å². The van der Waals surface area contributed by atoms with Crippen LogP contribution in [0, 0.1) is 11.6 Å². The number of halogens is 3. The van der Waals surface area contributed by atoms with E-state index in [4.69, 9.17) is 11.6 Å². The van der Waals surface area contributed by atoms with E-state index < -0.39 is 11.6 Å². The van der Waals surface area contributed by atoms with Crippen molar-refractivity contribution in [1.82, 2.24) is 14.5 Å². The molecule has 0 aliphatic heterocycles. The van der Waals surface area contributed by atoms with Crippen molar-refractivity contribution in [2.75, 3.05) is 0 Å². The molecule has 0 unspecified atom stereocenters. The molecular weight excluding hydrogens is 304 g/mol. The second-order valence-electron chi connectivity index (χ2n) is 4.24. The van der Waals surface area contributed by atoms with Gasteiger partial charge in [-0.25, -0.2) is 18.7 Å². The molecule has 0 fully saturated rings. The topological polar surface area (TPSA) is 30.7 Å². The number of hydrogen-bond donors (Lipinski definition) is 0. The van der Waals surface area contributed by atoms with Crippen molar-refractivity contribution in [3.8, 4) is 0 Å². The minimum atomic E-state index is -0.667. The second-order valence-corrected chi connectivity index (χ2v) is 5.49. The number of imidazole rings is 1. The summed E-state index contributed by atoms with van der Waals surface area (Å²) in [5.41, 5.74) is 0.580. The number of aromatic nitrogens is 3. The van der Waals surface area contributed by atoms with E-state index in [1.807, 2.05) is 5.38 Å². The van der Waals surface area contributed by atoms with Crippen LogP contribution >= 0.6 is 22.9 Å². The molecule has 1 aromatic carbocycles. The van der Waals surface area contributed by atoms with Gasteiger partial charge in [0, 0.05) is 30.6 Å². The van der Waals surface area contributed by atoms with Crippen molar-refractivity contribution in [2.24, 2.45) is 0 Å². The molecule has 20 heavy (non-hydrogen) atoms. The van der Waals surface area contributed by atoms with Crippen LogP contribution in [0.25, 0.3) is 11.0 Å². The molecule has 0 aliphatic rings. The Bertz CT molecular complexity index is 740. The molecule has 7 heteroatoms. The normalized spacial score (nSPS) is 11.3. The highest BCUT2D eigenvalue weighted by Gasteiger charge is 2.15. The van der Waals surface area contributed by atoms with Gasteiger partial charge in [0.2, 0.25) is 0 Å². The van der Waals surface area contributed by atoms with Crippen molar-refractivity contribution in [1.29, 1.82) is 0 Å². The fraction of sp³-hybridized carbons (Fsp3) is 0.231. The molecule has 3 aromatic rings. The summed E-state index contributed by atoms with van der Waals surface area (Å²) in [6.45, 7) is 0.537. The van der Waals surface area contributed by atoms with Crippen LogP contribution in [0.2, 0.25) is 0 Å². The predicted molar refractivity (Wildman–Crippen MR) is 75.0 cm³/mol. The van der Waals surface area contributed by atoms with Crippen LogP contribution in [0.4, 0.5) is 8.78 Å². The lowest BCUT2D eigenvalue weighted by atomic mass is 10.3. The van der Waals surface area contributed by atoms with Crippen molar-refractivity contribution in [3.63, 3.8) is 0 Å². The van der Waals surface area contributed by atoms with Gasteiger partial charge in [-0.15, -0.1) is 22.9 Å². The molecule has 3 rings (SSSR count). The second kappa shape index (κ2) is 5.46. The summed E-state index contributed by atoms with van der Waals surface area (Å²) in [6, 6.07) is 2.11. The lowest BCUT2D eigenvalue weighted by Crippen LogP contribution is -2.05. The maximum absolute atomic E-state index is 13.7. The Labute approximate surface area is 122 Å². The van der Waals surface area contributed by atoms with Gasteiger partial charge in [-0.3, -0.25) is 0 Å². The van der Waals surface area contributed by atoms with Crippen LogP contribution in [0.5, 0.6) is 0 Å². The van der Waals surface area contributed by atoms with Crippen molar-refractivity contribution in [3.05, 3.63) is 46.2 Å². The Kier molecular flexibility index (Phi) is 3.67. The molecule has 0 bridgehead atoms. The zero-order chi connectivity index (χ0) is 14.1. The largest absolute Gasteiger partial charge is 0.326 e. The number of nitrogens with zero attached hydrogens (tertiary/aromatic N) is 3. The lowest BCUT2D eigenvalue weighted by molar-refractivity contribution is 0.589. The SMILES string of the molecule is Fc1cc(F)c2nc(CCl)n(CCc3nccs3)c2c1. The Morgan fingerprint density at radius 1 is 1.30 bits per heavy atom. The third-order valence-corrected chi connectivity index (χ3v) is 4.08. The molecule has 104 valence electrons. The Morgan fingerprint density at radius 3 is 2.85 bits per heavy atom. The van der Waals surface area contributed by atoms with Gasteiger partial charge in [0.05, 0.1) is 16.4 Å². The summed E-state index contributed by atoms with van der Waals surface area (Å²) < 4.78 is 28.8. The maximum Gasteiger partial charge on any atom is 0.153 e. The van der Waals surface area contributed by atoms with E-state index in [2.05, 4.69) is 9.97 Å². The summed E-state index contributed by atoms with van der Waals surface area (Å²) >= 11 is 7.39. The summed E-state index contributed by atoms with van der Waals surface area (Å²) in [5, 5.41) is 2.85. The van der Waals surface area contributed by atoms with Gasteiger partial charge in [0.15, 0.2) is 5.82 Å². The molecule has 2 aromatic heterocycles. The Balaban J connectivity index is 2.03. The smallest absolute Gasteiger partial charge is 0.153 e. The van der Waals surface area contributed by atoms with Gasteiger partial charge in [0.1, 0.15) is 17.2 Å². The molecule has 0 amide bonds. The van der Waals surface area contributed by atoms with Gasteiger partial charge >= 0.3 is 0 Å². The molecule has 0 radical (unpaired) electrons. The average molecular weight is 314 g/mol. The number of rotatable bonds is 4. The highest BCUT2D eigenvalue weighted by Crippen LogP contribution is 2.22. The molecule has 0 N–H and O–H groups in total. The fourth-order valence-corrected chi connectivity index (χ4v) is 2.95. The Hall–Kier alpha value is -1.53. The average Bonchev–Trinajstić information content (AvgIpc) is 3.03. The van der Waals surface area contributed by atoms with Crippen molar-refractivity contribution < 1.29 is 8.78 Å². The first-order valence-corrected chi connectivity index (χ1v) is 7.39. The monoisotopic (exact) mass is 313 g/mol. The van der Waals surface area contributed by atoms with E-state index >= 15 is 0 Å². The number of benzene rings is 1. The zero-order valence-electron chi connectivity index (χ0n) is 10.3. The first kappa shape index (κ1) is 13.5. The molecule has 0 saturated heterocycles. The molecular formula is C13H10ClF2N3S. The fourth-order valence-electron chi connectivity index (χ4n) is 2.13. The van der Waals surface area contributed by atoms with Crippen LogP contribution in [0.3, 0.4) is 0 Å². The van der Waals surface area contributed by atoms with E-state index in [-0.39, 0.29) is 11.4 Å². The van der Waals surface area contributed by atoms with Gasteiger partial charge in [-0.1, -0.05) is 0 Å². The third-order valence-electron chi connectivity index (χ3n) is 3.00. The summed E-state index contributed by atoms with van der Waals surface area (Å²) in [7, 11) is 0. The van der Waals surface area contributed by atoms with Gasteiger partial charge < -0.3 is 4.57 Å². The van der Waals surface area contributed by atoms with Crippen LogP contribution in [0.1, 0.15) is 10.8 Å². The third kappa shape index (κ3) is 2.41.